The molecule has 0 aliphatic carbocycles. The van der Waals surface area contributed by atoms with Crippen LogP contribution < -0.4 is 0 Å². The summed E-state index contributed by atoms with van der Waals surface area (Å²) in [6, 6.07) is 0.736. The van der Waals surface area contributed by atoms with Crippen LogP contribution >= 0.6 is 0 Å². The number of hydrogen-bond donors (Lipinski definition) is 0. The Morgan fingerprint density at radius 3 is 2.79 bits per heavy atom. The first-order valence-corrected chi connectivity index (χ1v) is 5.64. The highest BCUT2D eigenvalue weighted by molar-refractivity contribution is 5.73. The highest BCUT2D eigenvalue weighted by atomic mass is 16.2. The Morgan fingerprint density at radius 2 is 2.07 bits per heavy atom. The second-order valence-corrected chi connectivity index (χ2v) is 4.70. The van der Waals surface area contributed by atoms with Gasteiger partial charge in [0.1, 0.15) is 0 Å². The summed E-state index contributed by atoms with van der Waals surface area (Å²) < 4.78 is 0. The number of carbonyl (C=O) groups is 1. The lowest BCUT2D eigenvalue weighted by molar-refractivity contribution is -0.132. The molecule has 2 fully saturated rings. The summed E-state index contributed by atoms with van der Waals surface area (Å²) in [7, 11) is 2.22. The van der Waals surface area contributed by atoms with E-state index in [1.165, 1.54) is 25.8 Å². The third-order valence-electron chi connectivity index (χ3n) is 3.79. The van der Waals surface area contributed by atoms with Gasteiger partial charge >= 0.3 is 0 Å². The third-order valence-corrected chi connectivity index (χ3v) is 3.79. The van der Waals surface area contributed by atoms with Crippen molar-refractivity contribution in [2.24, 2.45) is 5.92 Å². The topological polar surface area (TPSA) is 23.6 Å². The quantitative estimate of drug-likeness (QED) is 0.576. The first-order valence-electron chi connectivity index (χ1n) is 5.64. The van der Waals surface area contributed by atoms with E-state index < -0.39 is 0 Å². The molecule has 2 aliphatic heterocycles. The first kappa shape index (κ1) is 9.97. The molecule has 0 unspecified atom stereocenters. The Bertz CT molecular complexity index is 229. The summed E-state index contributed by atoms with van der Waals surface area (Å²) in [5, 5.41) is 0. The van der Waals surface area contributed by atoms with Crippen LogP contribution in [0.3, 0.4) is 0 Å². The molecular weight excluding hydrogens is 176 g/mol. The largest absolute Gasteiger partial charge is 0.343 e. The van der Waals surface area contributed by atoms with E-state index in [1.807, 2.05) is 4.90 Å². The zero-order valence-electron chi connectivity index (χ0n) is 9.20. The Balaban J connectivity index is 1.99. The zero-order valence-corrected chi connectivity index (χ0v) is 9.20. The summed E-state index contributed by atoms with van der Waals surface area (Å²) in [6.45, 7) is 4.87. The van der Waals surface area contributed by atoms with Crippen molar-refractivity contribution in [3.8, 4) is 0 Å². The predicted molar refractivity (Wildman–Crippen MR) is 56.0 cm³/mol. The van der Waals surface area contributed by atoms with Crippen molar-refractivity contribution in [2.45, 2.75) is 32.2 Å². The van der Waals surface area contributed by atoms with Gasteiger partial charge in [-0.2, -0.15) is 0 Å². The SMILES string of the molecule is CC(=O)N1CC[C@@H]2[C@H](CCCN2C)C1. The van der Waals surface area contributed by atoms with E-state index in [4.69, 9.17) is 0 Å². The Labute approximate surface area is 86.1 Å². The van der Waals surface area contributed by atoms with Crippen LogP contribution in [0.5, 0.6) is 0 Å². The van der Waals surface area contributed by atoms with Gasteiger partial charge in [-0.3, -0.25) is 4.79 Å². The molecule has 0 aromatic carbocycles. The van der Waals surface area contributed by atoms with E-state index in [0.29, 0.717) is 0 Å². The Kier molecular flexibility index (Phi) is 2.77. The standard InChI is InChI=1S/C11H20N2O/c1-9(14)13-7-5-11-10(8-13)4-3-6-12(11)2/h10-11H,3-8H2,1-2H3/t10-,11-/m1/s1. The van der Waals surface area contributed by atoms with Gasteiger partial charge in [0.25, 0.3) is 0 Å². The lowest BCUT2D eigenvalue weighted by Gasteiger charge is -2.45. The molecule has 0 saturated carbocycles. The fourth-order valence-corrected chi connectivity index (χ4v) is 2.94. The van der Waals surface area contributed by atoms with Crippen molar-refractivity contribution in [3.63, 3.8) is 0 Å². The molecule has 3 heteroatoms. The smallest absolute Gasteiger partial charge is 0.219 e. The average molecular weight is 196 g/mol. The van der Waals surface area contributed by atoms with E-state index in [-0.39, 0.29) is 5.91 Å². The molecule has 2 rings (SSSR count). The van der Waals surface area contributed by atoms with Crippen molar-refractivity contribution in [2.75, 3.05) is 26.7 Å². The van der Waals surface area contributed by atoms with Gasteiger partial charge in [-0.25, -0.2) is 0 Å². The average Bonchev–Trinajstić information content (AvgIpc) is 2.17. The van der Waals surface area contributed by atoms with Gasteiger partial charge in [0.15, 0.2) is 0 Å². The minimum Gasteiger partial charge on any atom is -0.343 e. The van der Waals surface area contributed by atoms with Gasteiger partial charge in [-0.05, 0) is 38.8 Å². The van der Waals surface area contributed by atoms with E-state index in [9.17, 15) is 4.79 Å². The van der Waals surface area contributed by atoms with Crippen LogP contribution in [0.25, 0.3) is 0 Å². The number of amides is 1. The van der Waals surface area contributed by atoms with E-state index in [0.717, 1.165) is 25.0 Å². The van der Waals surface area contributed by atoms with Crippen LogP contribution in [0, 0.1) is 5.92 Å². The van der Waals surface area contributed by atoms with Crippen molar-refractivity contribution < 1.29 is 4.79 Å². The lowest BCUT2D eigenvalue weighted by atomic mass is 9.84. The van der Waals surface area contributed by atoms with Crippen LogP contribution in [0.2, 0.25) is 0 Å². The summed E-state index contributed by atoms with van der Waals surface area (Å²) >= 11 is 0. The van der Waals surface area contributed by atoms with Crippen molar-refractivity contribution in [3.05, 3.63) is 0 Å². The minimum absolute atomic E-state index is 0.247. The maximum absolute atomic E-state index is 11.3. The molecule has 14 heavy (non-hydrogen) atoms. The van der Waals surface area contributed by atoms with Crippen LogP contribution in [0.1, 0.15) is 26.2 Å². The van der Waals surface area contributed by atoms with Gasteiger partial charge < -0.3 is 9.80 Å². The summed E-state index contributed by atoms with van der Waals surface area (Å²) in [6.07, 6.45) is 3.77. The maximum Gasteiger partial charge on any atom is 0.219 e. The van der Waals surface area contributed by atoms with E-state index in [1.54, 1.807) is 6.92 Å². The second-order valence-electron chi connectivity index (χ2n) is 4.70. The number of piperidine rings is 2. The molecule has 3 nitrogen and oxygen atoms in total. The summed E-state index contributed by atoms with van der Waals surface area (Å²) in [5.41, 5.74) is 0. The van der Waals surface area contributed by atoms with Crippen LogP contribution in [-0.2, 0) is 4.79 Å². The number of likely N-dealkylation sites (tertiary alicyclic amines) is 2. The molecule has 2 atom stereocenters. The van der Waals surface area contributed by atoms with Gasteiger partial charge in [-0.1, -0.05) is 0 Å². The molecule has 0 bridgehead atoms. The predicted octanol–water partition coefficient (Wildman–Crippen LogP) is 0.949. The second kappa shape index (κ2) is 3.89. The zero-order chi connectivity index (χ0) is 10.1. The molecule has 80 valence electrons. The molecule has 2 aliphatic rings. The lowest BCUT2D eigenvalue weighted by Crippen LogP contribution is -2.53. The maximum atomic E-state index is 11.3. The molecule has 0 radical (unpaired) electrons. The Morgan fingerprint density at radius 1 is 1.29 bits per heavy atom. The van der Waals surface area contributed by atoms with Crippen LogP contribution in [0.15, 0.2) is 0 Å². The van der Waals surface area contributed by atoms with Crippen molar-refractivity contribution >= 4 is 5.91 Å². The van der Waals surface area contributed by atoms with Gasteiger partial charge in [0, 0.05) is 26.1 Å². The van der Waals surface area contributed by atoms with Crippen molar-refractivity contribution in [1.29, 1.82) is 0 Å². The minimum atomic E-state index is 0.247. The molecule has 0 aromatic rings. The molecule has 0 aromatic heterocycles. The number of rotatable bonds is 0. The number of hydrogen-bond acceptors (Lipinski definition) is 2. The van der Waals surface area contributed by atoms with Crippen LogP contribution in [0.4, 0.5) is 0 Å². The third kappa shape index (κ3) is 1.78. The summed E-state index contributed by atoms with van der Waals surface area (Å²) in [4.78, 5) is 15.8. The van der Waals surface area contributed by atoms with Gasteiger partial charge in [-0.15, -0.1) is 0 Å². The molecule has 0 spiro atoms. The number of carbonyl (C=O) groups excluding carboxylic acids is 1. The molecule has 0 N–H and O–H groups in total. The van der Waals surface area contributed by atoms with Crippen LogP contribution in [-0.4, -0.2) is 48.4 Å². The Hall–Kier alpha value is -0.570. The van der Waals surface area contributed by atoms with E-state index >= 15 is 0 Å². The number of nitrogens with zero attached hydrogens (tertiary/aromatic N) is 2. The normalized spacial score (nSPS) is 34.0. The van der Waals surface area contributed by atoms with Crippen molar-refractivity contribution in [1.82, 2.24) is 9.80 Å². The molecule has 1 amide bonds. The summed E-state index contributed by atoms with van der Waals surface area (Å²) in [5.74, 6) is 0.975. The monoisotopic (exact) mass is 196 g/mol. The first-order chi connectivity index (χ1) is 6.68. The van der Waals surface area contributed by atoms with E-state index in [2.05, 4.69) is 11.9 Å². The fourth-order valence-electron chi connectivity index (χ4n) is 2.94. The fraction of sp³-hybridized carbons (Fsp3) is 0.909. The van der Waals surface area contributed by atoms with Gasteiger partial charge in [0.05, 0.1) is 0 Å². The number of fused-ring (bicyclic) bond motifs is 1. The van der Waals surface area contributed by atoms with Gasteiger partial charge in [0.2, 0.25) is 5.91 Å². The molecule has 2 saturated heterocycles. The molecule has 2 heterocycles. The highest BCUT2D eigenvalue weighted by Gasteiger charge is 2.34. The highest BCUT2D eigenvalue weighted by Crippen LogP contribution is 2.29. The molecular formula is C11H20N2O.